The molecular formula is C10H13ClN2O2. The predicted octanol–water partition coefficient (Wildman–Crippen LogP) is 2.44. The number of hydrogen-bond donors (Lipinski definition) is 1. The lowest BCUT2D eigenvalue weighted by molar-refractivity contribution is 0.230. The fraction of sp³-hybridized carbons (Fsp3) is 0.300. The van der Waals surface area contributed by atoms with Crippen LogP contribution in [0.2, 0.25) is 5.02 Å². The molecule has 0 aliphatic rings. The lowest BCUT2D eigenvalue weighted by Gasteiger charge is -2.14. The molecule has 4 nitrogen and oxygen atoms in total. The van der Waals surface area contributed by atoms with Gasteiger partial charge in [-0.1, -0.05) is 11.6 Å². The summed E-state index contributed by atoms with van der Waals surface area (Å²) in [6.07, 6.45) is 0. The second-order valence-electron chi connectivity index (χ2n) is 3.17. The Morgan fingerprint density at radius 3 is 2.67 bits per heavy atom. The molecule has 0 spiro atoms. The molecule has 1 rings (SSSR count). The maximum atomic E-state index is 11.4. The molecule has 1 N–H and O–H groups in total. The number of amides is 2. The van der Waals surface area contributed by atoms with E-state index in [9.17, 15) is 4.79 Å². The number of hydrogen-bond acceptors (Lipinski definition) is 2. The van der Waals surface area contributed by atoms with Crippen LogP contribution in [-0.2, 0) is 0 Å². The van der Waals surface area contributed by atoms with Gasteiger partial charge in [-0.05, 0) is 18.2 Å². The Morgan fingerprint density at radius 2 is 2.13 bits per heavy atom. The van der Waals surface area contributed by atoms with Crippen LogP contribution >= 0.6 is 11.6 Å². The maximum Gasteiger partial charge on any atom is 0.321 e. The van der Waals surface area contributed by atoms with Gasteiger partial charge < -0.3 is 15.0 Å². The Bertz CT molecular complexity index is 366. The highest BCUT2D eigenvalue weighted by atomic mass is 35.5. The van der Waals surface area contributed by atoms with Gasteiger partial charge in [0.05, 0.1) is 12.8 Å². The number of nitrogens with one attached hydrogen (secondary N) is 1. The van der Waals surface area contributed by atoms with Crippen molar-refractivity contribution in [3.05, 3.63) is 23.2 Å². The molecule has 0 unspecified atom stereocenters. The van der Waals surface area contributed by atoms with Gasteiger partial charge in [-0.3, -0.25) is 0 Å². The Kier molecular flexibility index (Phi) is 3.80. The van der Waals surface area contributed by atoms with Crippen LogP contribution in [-0.4, -0.2) is 32.1 Å². The standard InChI is InChI=1S/C10H13ClN2O2/c1-13(2)10(14)12-8-6-7(11)4-5-9(8)15-3/h4-6H,1-3H3,(H,12,14). The van der Waals surface area contributed by atoms with E-state index >= 15 is 0 Å². The average Bonchev–Trinajstić information content (AvgIpc) is 2.18. The van der Waals surface area contributed by atoms with Gasteiger partial charge in [-0.15, -0.1) is 0 Å². The number of halogens is 1. The van der Waals surface area contributed by atoms with E-state index in [1.165, 1.54) is 12.0 Å². The van der Waals surface area contributed by atoms with Crippen molar-refractivity contribution in [1.29, 1.82) is 0 Å². The zero-order valence-electron chi connectivity index (χ0n) is 8.87. The molecular weight excluding hydrogens is 216 g/mol. The van der Waals surface area contributed by atoms with Crippen LogP contribution in [0.4, 0.5) is 10.5 Å². The molecule has 5 heteroatoms. The minimum absolute atomic E-state index is 0.226. The van der Waals surface area contributed by atoms with Crippen LogP contribution in [0.3, 0.4) is 0 Å². The fourth-order valence-electron chi connectivity index (χ4n) is 1.00. The van der Waals surface area contributed by atoms with E-state index in [2.05, 4.69) is 5.32 Å². The highest BCUT2D eigenvalue weighted by Gasteiger charge is 2.08. The van der Waals surface area contributed by atoms with Crippen molar-refractivity contribution < 1.29 is 9.53 Å². The number of anilines is 1. The molecule has 0 aromatic heterocycles. The van der Waals surface area contributed by atoms with Crippen molar-refractivity contribution in [1.82, 2.24) is 4.90 Å². The van der Waals surface area contributed by atoms with Crippen molar-refractivity contribution in [3.63, 3.8) is 0 Å². The monoisotopic (exact) mass is 228 g/mol. The molecule has 0 aliphatic heterocycles. The van der Waals surface area contributed by atoms with Crippen LogP contribution in [0.25, 0.3) is 0 Å². The maximum absolute atomic E-state index is 11.4. The smallest absolute Gasteiger partial charge is 0.321 e. The molecule has 15 heavy (non-hydrogen) atoms. The lowest BCUT2D eigenvalue weighted by Crippen LogP contribution is -2.27. The average molecular weight is 229 g/mol. The van der Waals surface area contributed by atoms with Crippen molar-refractivity contribution in [2.24, 2.45) is 0 Å². The van der Waals surface area contributed by atoms with E-state index < -0.39 is 0 Å². The minimum Gasteiger partial charge on any atom is -0.495 e. The fourth-order valence-corrected chi connectivity index (χ4v) is 1.18. The molecule has 82 valence electrons. The van der Waals surface area contributed by atoms with Gasteiger partial charge in [-0.25, -0.2) is 4.79 Å². The molecule has 2 amide bonds. The largest absolute Gasteiger partial charge is 0.495 e. The number of carbonyl (C=O) groups is 1. The Hall–Kier alpha value is -1.42. The summed E-state index contributed by atoms with van der Waals surface area (Å²) < 4.78 is 5.09. The van der Waals surface area contributed by atoms with Crippen LogP contribution in [0.15, 0.2) is 18.2 Å². The molecule has 0 aliphatic carbocycles. The molecule has 0 fully saturated rings. The number of urea groups is 1. The number of rotatable bonds is 2. The normalized spacial score (nSPS) is 9.60. The Labute approximate surface area is 93.8 Å². The van der Waals surface area contributed by atoms with Gasteiger partial charge in [0.2, 0.25) is 0 Å². The molecule has 0 saturated heterocycles. The quantitative estimate of drug-likeness (QED) is 0.845. The molecule has 0 heterocycles. The topological polar surface area (TPSA) is 41.6 Å². The predicted molar refractivity (Wildman–Crippen MR) is 60.7 cm³/mol. The summed E-state index contributed by atoms with van der Waals surface area (Å²) in [4.78, 5) is 12.8. The Morgan fingerprint density at radius 1 is 1.47 bits per heavy atom. The van der Waals surface area contributed by atoms with E-state index in [0.29, 0.717) is 16.5 Å². The first-order valence-electron chi connectivity index (χ1n) is 4.36. The number of methoxy groups -OCH3 is 1. The van der Waals surface area contributed by atoms with Gasteiger partial charge in [0, 0.05) is 19.1 Å². The molecule has 1 aromatic carbocycles. The zero-order valence-corrected chi connectivity index (χ0v) is 9.63. The van der Waals surface area contributed by atoms with E-state index in [-0.39, 0.29) is 6.03 Å². The Balaban J connectivity index is 2.92. The van der Waals surface area contributed by atoms with Crippen molar-refractivity contribution in [2.45, 2.75) is 0 Å². The molecule has 1 aromatic rings. The second kappa shape index (κ2) is 4.89. The SMILES string of the molecule is COc1ccc(Cl)cc1NC(=O)N(C)C. The van der Waals surface area contributed by atoms with E-state index in [4.69, 9.17) is 16.3 Å². The molecule has 0 atom stereocenters. The van der Waals surface area contributed by atoms with Crippen molar-refractivity contribution >= 4 is 23.3 Å². The van der Waals surface area contributed by atoms with E-state index in [1.807, 2.05) is 0 Å². The second-order valence-corrected chi connectivity index (χ2v) is 3.61. The van der Waals surface area contributed by atoms with Crippen LogP contribution in [0.5, 0.6) is 5.75 Å². The third-order valence-electron chi connectivity index (χ3n) is 1.81. The van der Waals surface area contributed by atoms with Crippen LogP contribution in [0, 0.1) is 0 Å². The number of carbonyl (C=O) groups excluding carboxylic acids is 1. The summed E-state index contributed by atoms with van der Waals surface area (Å²) in [7, 11) is 4.85. The summed E-state index contributed by atoms with van der Waals surface area (Å²) in [6, 6.07) is 4.82. The number of benzene rings is 1. The van der Waals surface area contributed by atoms with E-state index in [1.54, 1.807) is 32.3 Å². The van der Waals surface area contributed by atoms with Crippen molar-refractivity contribution in [3.8, 4) is 5.75 Å². The summed E-state index contributed by atoms with van der Waals surface area (Å²) >= 11 is 5.82. The van der Waals surface area contributed by atoms with Gasteiger partial charge in [-0.2, -0.15) is 0 Å². The zero-order chi connectivity index (χ0) is 11.4. The van der Waals surface area contributed by atoms with E-state index in [0.717, 1.165) is 0 Å². The molecule has 0 radical (unpaired) electrons. The third kappa shape index (κ3) is 3.02. The molecule has 0 saturated carbocycles. The van der Waals surface area contributed by atoms with Crippen molar-refractivity contribution in [2.75, 3.05) is 26.5 Å². The van der Waals surface area contributed by atoms with Gasteiger partial charge >= 0.3 is 6.03 Å². The first kappa shape index (κ1) is 11.7. The summed E-state index contributed by atoms with van der Waals surface area (Å²) in [5.41, 5.74) is 0.559. The highest BCUT2D eigenvalue weighted by Crippen LogP contribution is 2.27. The summed E-state index contributed by atoms with van der Waals surface area (Å²) in [5.74, 6) is 0.578. The van der Waals surface area contributed by atoms with Gasteiger partial charge in [0.1, 0.15) is 5.75 Å². The third-order valence-corrected chi connectivity index (χ3v) is 2.04. The lowest BCUT2D eigenvalue weighted by atomic mass is 10.3. The van der Waals surface area contributed by atoms with Crippen LogP contribution < -0.4 is 10.1 Å². The first-order valence-corrected chi connectivity index (χ1v) is 4.74. The first-order chi connectivity index (χ1) is 7.04. The van der Waals surface area contributed by atoms with Gasteiger partial charge in [0.25, 0.3) is 0 Å². The number of ether oxygens (including phenoxy) is 1. The number of nitrogens with zero attached hydrogens (tertiary/aromatic N) is 1. The summed E-state index contributed by atoms with van der Waals surface area (Å²) in [5, 5.41) is 3.23. The minimum atomic E-state index is -0.226. The van der Waals surface area contributed by atoms with Crippen LogP contribution in [0.1, 0.15) is 0 Å². The molecule has 0 bridgehead atoms. The highest BCUT2D eigenvalue weighted by molar-refractivity contribution is 6.31. The summed E-state index contributed by atoms with van der Waals surface area (Å²) in [6.45, 7) is 0. The van der Waals surface area contributed by atoms with Gasteiger partial charge in [0.15, 0.2) is 0 Å².